The molecule has 1 aliphatic heterocycles. The normalized spacial score (nSPS) is 23.6. The number of benzene rings is 1. The number of hydrogen-bond acceptors (Lipinski definition) is 4. The summed E-state index contributed by atoms with van der Waals surface area (Å²) in [6, 6.07) is 4.78. The molecule has 3 rings (SSSR count). The van der Waals surface area contributed by atoms with Gasteiger partial charge in [-0.2, -0.15) is 0 Å². The van der Waals surface area contributed by atoms with Crippen molar-refractivity contribution in [3.05, 3.63) is 33.9 Å². The molecule has 1 atom stereocenters. The van der Waals surface area contributed by atoms with Crippen LogP contribution in [0.1, 0.15) is 37.7 Å². The van der Waals surface area contributed by atoms with Crippen LogP contribution in [0.3, 0.4) is 0 Å². The molecule has 1 aromatic carbocycles. The summed E-state index contributed by atoms with van der Waals surface area (Å²) in [5.74, 6) is 0.735. The van der Waals surface area contributed by atoms with E-state index < -0.39 is 0 Å². The van der Waals surface area contributed by atoms with Gasteiger partial charge in [0.15, 0.2) is 0 Å². The molecule has 1 aliphatic carbocycles. The Hall–Kier alpha value is -1.14. The first-order valence-corrected chi connectivity index (χ1v) is 8.38. The topological polar surface area (TPSA) is 61.6 Å². The molecule has 1 unspecified atom stereocenters. The second-order valence-corrected chi connectivity index (χ2v) is 6.36. The molecule has 1 aromatic rings. The van der Waals surface area contributed by atoms with Crippen molar-refractivity contribution in [2.24, 2.45) is 0 Å². The molecule has 0 bridgehead atoms. The van der Waals surface area contributed by atoms with Gasteiger partial charge in [-0.15, -0.1) is 0 Å². The van der Waals surface area contributed by atoms with Crippen molar-refractivity contribution >= 4 is 21.6 Å². The average molecular weight is 356 g/mol. The zero-order chi connectivity index (χ0) is 14.9. The van der Waals surface area contributed by atoms with Gasteiger partial charge in [0.05, 0.1) is 17.1 Å². The third-order valence-corrected chi connectivity index (χ3v) is 5.01. The Morgan fingerprint density at radius 1 is 1.48 bits per heavy atom. The van der Waals surface area contributed by atoms with Crippen LogP contribution in [-0.4, -0.2) is 23.2 Å². The van der Waals surface area contributed by atoms with E-state index in [1.54, 1.807) is 12.1 Å². The SMILES string of the molecule is O=[N+]([O-])c1ccc(OC2CCOC3(CCC3)C2)c(CBr)c1. The summed E-state index contributed by atoms with van der Waals surface area (Å²) in [5, 5.41) is 11.4. The minimum Gasteiger partial charge on any atom is -0.490 e. The van der Waals surface area contributed by atoms with Gasteiger partial charge < -0.3 is 9.47 Å². The lowest BCUT2D eigenvalue weighted by Gasteiger charge is -2.47. The maximum Gasteiger partial charge on any atom is 0.270 e. The molecule has 0 N–H and O–H groups in total. The predicted molar refractivity (Wildman–Crippen MR) is 81.9 cm³/mol. The first-order chi connectivity index (χ1) is 10.1. The number of halogens is 1. The highest BCUT2D eigenvalue weighted by Crippen LogP contribution is 2.43. The van der Waals surface area contributed by atoms with E-state index in [9.17, 15) is 10.1 Å². The lowest BCUT2D eigenvalue weighted by Crippen LogP contribution is -2.48. The summed E-state index contributed by atoms with van der Waals surface area (Å²) in [5.41, 5.74) is 0.954. The lowest BCUT2D eigenvalue weighted by molar-refractivity contribution is -0.384. The van der Waals surface area contributed by atoms with E-state index in [0.29, 0.717) is 5.33 Å². The van der Waals surface area contributed by atoms with E-state index in [2.05, 4.69) is 15.9 Å². The quantitative estimate of drug-likeness (QED) is 0.465. The van der Waals surface area contributed by atoms with Crippen molar-refractivity contribution in [2.45, 2.75) is 49.1 Å². The van der Waals surface area contributed by atoms with Gasteiger partial charge in [0.2, 0.25) is 0 Å². The maximum absolute atomic E-state index is 10.8. The fourth-order valence-corrected chi connectivity index (χ4v) is 3.52. The van der Waals surface area contributed by atoms with Gasteiger partial charge in [0, 0.05) is 35.9 Å². The summed E-state index contributed by atoms with van der Waals surface area (Å²) in [6.07, 6.45) is 5.42. The number of nitrogens with zero attached hydrogens (tertiary/aromatic N) is 1. The second-order valence-electron chi connectivity index (χ2n) is 5.80. The Bertz CT molecular complexity index is 544. The first kappa shape index (κ1) is 14.8. The van der Waals surface area contributed by atoms with Gasteiger partial charge in [0.25, 0.3) is 5.69 Å². The van der Waals surface area contributed by atoms with Gasteiger partial charge in [-0.25, -0.2) is 0 Å². The summed E-state index contributed by atoms with van der Waals surface area (Å²) in [6.45, 7) is 0.737. The highest BCUT2D eigenvalue weighted by atomic mass is 79.9. The molecule has 114 valence electrons. The zero-order valence-corrected chi connectivity index (χ0v) is 13.3. The third kappa shape index (κ3) is 3.06. The van der Waals surface area contributed by atoms with E-state index in [1.807, 2.05) is 0 Å². The molecule has 1 heterocycles. The molecule has 0 radical (unpaired) electrons. The summed E-state index contributed by atoms with van der Waals surface area (Å²) < 4.78 is 12.0. The van der Waals surface area contributed by atoms with Crippen LogP contribution in [0.4, 0.5) is 5.69 Å². The van der Waals surface area contributed by atoms with Crippen molar-refractivity contribution in [3.8, 4) is 5.75 Å². The van der Waals surface area contributed by atoms with E-state index in [4.69, 9.17) is 9.47 Å². The summed E-state index contributed by atoms with van der Waals surface area (Å²) in [4.78, 5) is 10.5. The van der Waals surface area contributed by atoms with Crippen LogP contribution in [0.25, 0.3) is 0 Å². The summed E-state index contributed by atoms with van der Waals surface area (Å²) >= 11 is 3.38. The van der Waals surface area contributed by atoms with Crippen LogP contribution < -0.4 is 4.74 Å². The molecule has 1 spiro atoms. The van der Waals surface area contributed by atoms with Crippen LogP contribution in [0.2, 0.25) is 0 Å². The fourth-order valence-electron chi connectivity index (χ4n) is 3.08. The highest BCUT2D eigenvalue weighted by Gasteiger charge is 2.43. The van der Waals surface area contributed by atoms with Crippen LogP contribution in [-0.2, 0) is 10.1 Å². The molecular weight excluding hydrogens is 338 g/mol. The number of rotatable bonds is 4. The molecule has 5 nitrogen and oxygen atoms in total. The van der Waals surface area contributed by atoms with Crippen LogP contribution >= 0.6 is 15.9 Å². The predicted octanol–water partition coefficient (Wildman–Crippen LogP) is 3.97. The van der Waals surface area contributed by atoms with Crippen LogP contribution in [0, 0.1) is 10.1 Å². The van der Waals surface area contributed by atoms with E-state index in [-0.39, 0.29) is 22.3 Å². The number of alkyl halides is 1. The fraction of sp³-hybridized carbons (Fsp3) is 0.600. The van der Waals surface area contributed by atoms with Gasteiger partial charge in [-0.05, 0) is 25.3 Å². The van der Waals surface area contributed by atoms with Gasteiger partial charge in [-0.1, -0.05) is 15.9 Å². The van der Waals surface area contributed by atoms with Crippen molar-refractivity contribution in [1.29, 1.82) is 0 Å². The zero-order valence-electron chi connectivity index (χ0n) is 11.7. The average Bonchev–Trinajstić information content (AvgIpc) is 2.46. The lowest BCUT2D eigenvalue weighted by atomic mass is 9.74. The smallest absolute Gasteiger partial charge is 0.270 e. The van der Waals surface area contributed by atoms with Gasteiger partial charge in [0.1, 0.15) is 11.9 Å². The minimum atomic E-state index is -0.381. The molecule has 21 heavy (non-hydrogen) atoms. The Morgan fingerprint density at radius 3 is 2.90 bits per heavy atom. The standard InChI is InChI=1S/C15H18BrNO4/c16-10-11-8-12(17(18)19)2-3-14(11)21-13-4-7-20-15(9-13)5-1-6-15/h2-3,8,13H,1,4-7,9-10H2. The first-order valence-electron chi connectivity index (χ1n) is 7.26. The molecule has 2 fully saturated rings. The third-order valence-electron chi connectivity index (χ3n) is 4.41. The van der Waals surface area contributed by atoms with Crippen molar-refractivity contribution < 1.29 is 14.4 Å². The Morgan fingerprint density at radius 2 is 2.29 bits per heavy atom. The molecule has 0 amide bonds. The minimum absolute atomic E-state index is 0.0399. The number of non-ortho nitro benzene ring substituents is 1. The largest absolute Gasteiger partial charge is 0.490 e. The van der Waals surface area contributed by atoms with Gasteiger partial charge >= 0.3 is 0 Å². The molecular formula is C15H18BrNO4. The molecule has 2 aliphatic rings. The second kappa shape index (κ2) is 5.93. The highest BCUT2D eigenvalue weighted by molar-refractivity contribution is 9.08. The summed E-state index contributed by atoms with van der Waals surface area (Å²) in [7, 11) is 0. The maximum atomic E-state index is 10.8. The van der Waals surface area contributed by atoms with Crippen LogP contribution in [0.5, 0.6) is 5.75 Å². The number of nitro benzene ring substituents is 1. The number of hydrogen-bond donors (Lipinski definition) is 0. The van der Waals surface area contributed by atoms with E-state index in [0.717, 1.165) is 43.6 Å². The van der Waals surface area contributed by atoms with E-state index >= 15 is 0 Å². The molecule has 1 saturated heterocycles. The molecule has 6 heteroatoms. The van der Waals surface area contributed by atoms with E-state index in [1.165, 1.54) is 12.5 Å². The Kier molecular flexibility index (Phi) is 4.17. The monoisotopic (exact) mass is 355 g/mol. The number of ether oxygens (including phenoxy) is 2. The Labute approximate surface area is 131 Å². The van der Waals surface area contributed by atoms with Crippen molar-refractivity contribution in [2.75, 3.05) is 6.61 Å². The van der Waals surface area contributed by atoms with Crippen molar-refractivity contribution in [3.63, 3.8) is 0 Å². The molecule has 0 aromatic heterocycles. The van der Waals surface area contributed by atoms with Crippen LogP contribution in [0.15, 0.2) is 18.2 Å². The molecule has 1 saturated carbocycles. The van der Waals surface area contributed by atoms with Gasteiger partial charge in [-0.3, -0.25) is 10.1 Å². The number of nitro groups is 1. The Balaban J connectivity index is 1.73. The van der Waals surface area contributed by atoms with Crippen molar-refractivity contribution in [1.82, 2.24) is 0 Å².